The highest BCUT2D eigenvalue weighted by Crippen LogP contribution is 2.22. The fourth-order valence-electron chi connectivity index (χ4n) is 1.83. The van der Waals surface area contributed by atoms with Crippen LogP contribution in [0.1, 0.15) is 12.1 Å². The van der Waals surface area contributed by atoms with Gasteiger partial charge in [0.15, 0.2) is 9.84 Å². The predicted octanol–water partition coefficient (Wildman–Crippen LogP) is -0.0309. The number of aromatic amines is 1. The number of nitrogens with one attached hydrogen (secondary N) is 1. The molecule has 1 aromatic heterocycles. The second-order valence-electron chi connectivity index (χ2n) is 3.79. The number of hydrogen-bond donors (Lipinski definition) is 2. The summed E-state index contributed by atoms with van der Waals surface area (Å²) < 4.78 is 22.4. The average Bonchev–Trinajstić information content (AvgIpc) is 2.59. The third-order valence-electron chi connectivity index (χ3n) is 2.49. The summed E-state index contributed by atoms with van der Waals surface area (Å²) in [6, 6.07) is 1.75. The molecule has 1 aliphatic heterocycles. The largest absolute Gasteiger partial charge is 0.382 e. The van der Waals surface area contributed by atoms with Crippen molar-refractivity contribution in [3.63, 3.8) is 0 Å². The van der Waals surface area contributed by atoms with Gasteiger partial charge in [0.2, 0.25) is 0 Å². The zero-order valence-corrected chi connectivity index (χ0v) is 8.55. The van der Waals surface area contributed by atoms with Crippen molar-refractivity contribution in [1.82, 2.24) is 10.2 Å². The fourth-order valence-corrected chi connectivity index (χ4v) is 3.69. The van der Waals surface area contributed by atoms with Crippen molar-refractivity contribution in [3.8, 4) is 0 Å². The predicted molar refractivity (Wildman–Crippen MR) is 53.5 cm³/mol. The molecule has 1 aliphatic rings. The molecule has 0 spiro atoms. The van der Waals surface area contributed by atoms with Gasteiger partial charge in [0, 0.05) is 11.8 Å². The van der Waals surface area contributed by atoms with Gasteiger partial charge in [-0.1, -0.05) is 0 Å². The second kappa shape index (κ2) is 3.27. The first kappa shape index (κ1) is 9.51. The number of nitrogens with two attached hydrogens (primary N) is 1. The maximum atomic E-state index is 11.2. The Hall–Kier alpha value is -1.04. The Kier molecular flexibility index (Phi) is 2.22. The summed E-state index contributed by atoms with van der Waals surface area (Å²) in [6.07, 6.45) is 1.48. The number of anilines is 1. The van der Waals surface area contributed by atoms with Gasteiger partial charge in [-0.2, -0.15) is 5.10 Å². The van der Waals surface area contributed by atoms with Gasteiger partial charge in [-0.3, -0.25) is 5.10 Å². The van der Waals surface area contributed by atoms with Gasteiger partial charge in [-0.25, -0.2) is 8.42 Å². The van der Waals surface area contributed by atoms with Gasteiger partial charge in [0.05, 0.1) is 11.5 Å². The molecule has 6 heteroatoms. The lowest BCUT2D eigenvalue weighted by Gasteiger charge is -2.03. The van der Waals surface area contributed by atoms with E-state index >= 15 is 0 Å². The van der Waals surface area contributed by atoms with E-state index in [1.54, 1.807) is 6.07 Å². The lowest BCUT2D eigenvalue weighted by Crippen LogP contribution is -2.07. The minimum Gasteiger partial charge on any atom is -0.382 e. The summed E-state index contributed by atoms with van der Waals surface area (Å²) in [5, 5.41) is 6.59. The minimum atomic E-state index is -2.77. The molecular weight excluding hydrogens is 202 g/mol. The van der Waals surface area contributed by atoms with E-state index in [2.05, 4.69) is 10.2 Å². The monoisotopic (exact) mass is 215 g/mol. The van der Waals surface area contributed by atoms with Gasteiger partial charge in [-0.15, -0.1) is 0 Å². The van der Waals surface area contributed by atoms with Gasteiger partial charge in [-0.05, 0) is 18.8 Å². The molecule has 1 saturated heterocycles. The van der Waals surface area contributed by atoms with Crippen LogP contribution < -0.4 is 5.73 Å². The zero-order chi connectivity index (χ0) is 10.2. The van der Waals surface area contributed by atoms with E-state index in [1.807, 2.05) is 0 Å². The standard InChI is InChI=1S/C8H13N3O2S/c9-8-4-7(10-11-8)3-6-1-2-14(12,13)5-6/h4,6H,1-3,5H2,(H3,9,10,11). The summed E-state index contributed by atoms with van der Waals surface area (Å²) in [5.41, 5.74) is 6.37. The molecule has 0 saturated carbocycles. The van der Waals surface area contributed by atoms with E-state index in [9.17, 15) is 8.42 Å². The topological polar surface area (TPSA) is 88.8 Å². The van der Waals surface area contributed by atoms with Crippen molar-refractivity contribution >= 4 is 15.7 Å². The van der Waals surface area contributed by atoms with Crippen LogP contribution in [0.25, 0.3) is 0 Å². The Morgan fingerprint density at radius 2 is 2.43 bits per heavy atom. The summed E-state index contributed by atoms with van der Waals surface area (Å²) in [4.78, 5) is 0. The number of sulfone groups is 1. The van der Waals surface area contributed by atoms with Crippen LogP contribution in [0, 0.1) is 5.92 Å². The molecule has 5 nitrogen and oxygen atoms in total. The number of aromatic nitrogens is 2. The van der Waals surface area contributed by atoms with Gasteiger partial charge < -0.3 is 5.73 Å². The number of H-pyrrole nitrogens is 1. The number of nitrogen functional groups attached to an aromatic ring is 1. The first-order valence-corrected chi connectivity index (χ1v) is 6.37. The molecule has 14 heavy (non-hydrogen) atoms. The van der Waals surface area contributed by atoms with Crippen LogP contribution in [0.3, 0.4) is 0 Å². The molecule has 78 valence electrons. The first-order chi connectivity index (χ1) is 6.55. The normalized spacial score (nSPS) is 25.3. The van der Waals surface area contributed by atoms with Crippen LogP contribution in [0.5, 0.6) is 0 Å². The molecule has 1 atom stereocenters. The van der Waals surface area contributed by atoms with Crippen LogP contribution in [0.2, 0.25) is 0 Å². The Morgan fingerprint density at radius 1 is 1.64 bits per heavy atom. The van der Waals surface area contributed by atoms with Crippen molar-refractivity contribution in [3.05, 3.63) is 11.8 Å². The molecular formula is C8H13N3O2S. The Balaban J connectivity index is 2.00. The van der Waals surface area contributed by atoms with E-state index in [-0.39, 0.29) is 5.92 Å². The highest BCUT2D eigenvalue weighted by Gasteiger charge is 2.28. The van der Waals surface area contributed by atoms with Crippen LogP contribution in [-0.4, -0.2) is 30.1 Å². The SMILES string of the molecule is Nc1cc(CC2CCS(=O)(=O)C2)[nH]n1. The van der Waals surface area contributed by atoms with Crippen molar-refractivity contribution in [2.45, 2.75) is 12.8 Å². The van der Waals surface area contributed by atoms with E-state index < -0.39 is 9.84 Å². The third-order valence-corrected chi connectivity index (χ3v) is 4.32. The highest BCUT2D eigenvalue weighted by molar-refractivity contribution is 7.91. The molecule has 2 heterocycles. The summed E-state index contributed by atoms with van der Waals surface area (Å²) in [6.45, 7) is 0. The molecule has 1 aromatic rings. The summed E-state index contributed by atoms with van der Waals surface area (Å²) in [5.74, 6) is 1.30. The smallest absolute Gasteiger partial charge is 0.150 e. The lowest BCUT2D eigenvalue weighted by atomic mass is 10.0. The van der Waals surface area contributed by atoms with Crippen LogP contribution in [0.15, 0.2) is 6.07 Å². The second-order valence-corrected chi connectivity index (χ2v) is 6.02. The molecule has 0 amide bonds. The summed E-state index contributed by atoms with van der Waals surface area (Å²) in [7, 11) is -2.77. The average molecular weight is 215 g/mol. The Morgan fingerprint density at radius 3 is 2.93 bits per heavy atom. The third kappa shape index (κ3) is 2.06. The van der Waals surface area contributed by atoms with E-state index in [4.69, 9.17) is 5.73 Å². The molecule has 2 rings (SSSR count). The van der Waals surface area contributed by atoms with Crippen LogP contribution in [-0.2, 0) is 16.3 Å². The van der Waals surface area contributed by atoms with Crippen LogP contribution in [0.4, 0.5) is 5.82 Å². The maximum absolute atomic E-state index is 11.2. The van der Waals surface area contributed by atoms with Gasteiger partial charge in [0.25, 0.3) is 0 Å². The van der Waals surface area contributed by atoms with Crippen molar-refractivity contribution < 1.29 is 8.42 Å². The van der Waals surface area contributed by atoms with Crippen LogP contribution >= 0.6 is 0 Å². The lowest BCUT2D eigenvalue weighted by molar-refractivity contribution is 0.576. The first-order valence-electron chi connectivity index (χ1n) is 4.55. The van der Waals surface area contributed by atoms with Crippen molar-refractivity contribution in [2.75, 3.05) is 17.2 Å². The maximum Gasteiger partial charge on any atom is 0.150 e. The molecule has 1 fully saturated rings. The Bertz CT molecular complexity index is 424. The molecule has 1 unspecified atom stereocenters. The quantitative estimate of drug-likeness (QED) is 0.725. The molecule has 0 aromatic carbocycles. The van der Waals surface area contributed by atoms with Gasteiger partial charge >= 0.3 is 0 Å². The number of hydrogen-bond acceptors (Lipinski definition) is 4. The molecule has 0 radical (unpaired) electrons. The van der Waals surface area contributed by atoms with E-state index in [1.165, 1.54) is 0 Å². The summed E-state index contributed by atoms with van der Waals surface area (Å²) >= 11 is 0. The minimum absolute atomic E-state index is 0.222. The zero-order valence-electron chi connectivity index (χ0n) is 7.73. The number of rotatable bonds is 2. The van der Waals surface area contributed by atoms with E-state index in [0.717, 1.165) is 18.5 Å². The van der Waals surface area contributed by atoms with E-state index in [0.29, 0.717) is 17.3 Å². The molecule has 0 aliphatic carbocycles. The Labute approximate surface area is 82.6 Å². The number of nitrogens with zero attached hydrogens (tertiary/aromatic N) is 1. The molecule has 3 N–H and O–H groups in total. The molecule has 0 bridgehead atoms. The van der Waals surface area contributed by atoms with Crippen molar-refractivity contribution in [1.29, 1.82) is 0 Å². The highest BCUT2D eigenvalue weighted by atomic mass is 32.2. The van der Waals surface area contributed by atoms with Crippen molar-refractivity contribution in [2.24, 2.45) is 5.92 Å². The van der Waals surface area contributed by atoms with Gasteiger partial charge in [0.1, 0.15) is 5.82 Å². The fraction of sp³-hybridized carbons (Fsp3) is 0.625.